The maximum absolute atomic E-state index is 14.3. The van der Waals surface area contributed by atoms with Crippen LogP contribution in [0.5, 0.6) is 5.75 Å². The lowest BCUT2D eigenvalue weighted by Crippen LogP contribution is -2.29. The average Bonchev–Trinajstić information content (AvgIpc) is 3.40. The monoisotopic (exact) mass is 457 g/mol. The number of halogens is 3. The Kier molecular flexibility index (Phi) is 5.82. The van der Waals surface area contributed by atoms with Crippen molar-refractivity contribution < 1.29 is 23.0 Å². The van der Waals surface area contributed by atoms with E-state index in [1.54, 1.807) is 13.2 Å². The van der Waals surface area contributed by atoms with E-state index in [4.69, 9.17) is 21.1 Å². The van der Waals surface area contributed by atoms with Crippen LogP contribution in [0.1, 0.15) is 17.5 Å². The molecule has 1 aliphatic rings. The van der Waals surface area contributed by atoms with Gasteiger partial charge >= 0.3 is 5.97 Å². The van der Waals surface area contributed by atoms with Crippen LogP contribution >= 0.6 is 11.6 Å². The van der Waals surface area contributed by atoms with Crippen LogP contribution in [0.4, 0.5) is 20.2 Å². The molecule has 0 heterocycles. The third-order valence-corrected chi connectivity index (χ3v) is 6.03. The summed E-state index contributed by atoms with van der Waals surface area (Å²) >= 11 is 5.86. The Morgan fingerprint density at radius 2 is 1.66 bits per heavy atom. The number of carbonyl (C=O) groups is 1. The highest BCUT2D eigenvalue weighted by atomic mass is 35.5. The van der Waals surface area contributed by atoms with Gasteiger partial charge in [0, 0.05) is 35.9 Å². The molecule has 0 bridgehead atoms. The number of hydrogen-bond acceptors (Lipinski definition) is 4. The molecule has 0 spiro atoms. The van der Waals surface area contributed by atoms with Gasteiger partial charge in [0.25, 0.3) is 5.92 Å². The number of nitrogens with zero attached hydrogens (tertiary/aromatic N) is 1. The second kappa shape index (κ2) is 8.43. The van der Waals surface area contributed by atoms with Gasteiger partial charge in [0.15, 0.2) is 5.41 Å². The van der Waals surface area contributed by atoms with Crippen molar-refractivity contribution in [2.45, 2.75) is 24.4 Å². The van der Waals surface area contributed by atoms with Crippen LogP contribution in [0.2, 0.25) is 5.02 Å². The Morgan fingerprint density at radius 1 is 1.03 bits per heavy atom. The number of hydrogen-bond donors (Lipinski definition) is 0. The Labute approximate surface area is 190 Å². The first-order valence-electron chi connectivity index (χ1n) is 10.0. The summed E-state index contributed by atoms with van der Waals surface area (Å²) in [4.78, 5) is 14.7. The SMILES string of the molecule is COc1cccc(N(C)c2cccc(COC(=O)C3(c4ccc(Cl)cc4)CC3(F)F)c2)c1. The summed E-state index contributed by atoms with van der Waals surface area (Å²) in [6, 6.07) is 20.9. The summed E-state index contributed by atoms with van der Waals surface area (Å²) in [5.74, 6) is -3.35. The minimum absolute atomic E-state index is 0.107. The third kappa shape index (κ3) is 4.02. The van der Waals surface area contributed by atoms with Gasteiger partial charge < -0.3 is 14.4 Å². The lowest BCUT2D eigenvalue weighted by atomic mass is 9.95. The molecular formula is C25H22ClF2NO3. The number of benzene rings is 3. The van der Waals surface area contributed by atoms with Gasteiger partial charge in [-0.2, -0.15) is 0 Å². The topological polar surface area (TPSA) is 38.8 Å². The van der Waals surface area contributed by atoms with E-state index in [0.717, 1.165) is 17.1 Å². The molecule has 1 saturated carbocycles. The second-order valence-electron chi connectivity index (χ2n) is 7.80. The summed E-state index contributed by atoms with van der Waals surface area (Å²) < 4.78 is 39.2. The number of carbonyl (C=O) groups excluding carboxylic acids is 1. The first-order chi connectivity index (χ1) is 15.3. The quantitative estimate of drug-likeness (QED) is 0.400. The van der Waals surface area contributed by atoms with Gasteiger partial charge in [-0.05, 0) is 47.5 Å². The van der Waals surface area contributed by atoms with Crippen LogP contribution in [0.15, 0.2) is 72.8 Å². The van der Waals surface area contributed by atoms with E-state index in [2.05, 4.69) is 0 Å². The zero-order chi connectivity index (χ0) is 22.9. The van der Waals surface area contributed by atoms with Crippen molar-refractivity contribution in [3.63, 3.8) is 0 Å². The molecule has 0 aliphatic heterocycles. The third-order valence-electron chi connectivity index (χ3n) is 5.78. The lowest BCUT2D eigenvalue weighted by molar-refractivity contribution is -0.151. The first-order valence-corrected chi connectivity index (χ1v) is 10.4. The number of anilines is 2. The lowest BCUT2D eigenvalue weighted by Gasteiger charge is -2.21. The molecule has 1 aliphatic carbocycles. The molecule has 0 saturated heterocycles. The highest BCUT2D eigenvalue weighted by Crippen LogP contribution is 2.62. The van der Waals surface area contributed by atoms with Gasteiger partial charge in [-0.25, -0.2) is 8.78 Å². The first kappa shape index (κ1) is 22.1. The average molecular weight is 458 g/mol. The molecule has 0 aromatic heterocycles. The number of rotatable bonds is 7. The number of methoxy groups -OCH3 is 1. The Balaban J connectivity index is 1.49. The molecule has 3 aromatic rings. The van der Waals surface area contributed by atoms with Crippen LogP contribution in [0.25, 0.3) is 0 Å². The van der Waals surface area contributed by atoms with Crippen molar-refractivity contribution in [3.05, 3.63) is 88.9 Å². The standard InChI is InChI=1S/C25H22ClF2NO3/c1-29(21-7-4-8-22(14-21)31-2)20-6-3-5-17(13-20)15-32-23(30)24(16-25(24,27)28)18-9-11-19(26)12-10-18/h3-14H,15-16H2,1-2H3. The van der Waals surface area contributed by atoms with Gasteiger partial charge in [-0.15, -0.1) is 0 Å². The maximum Gasteiger partial charge on any atom is 0.323 e. The fourth-order valence-electron chi connectivity index (χ4n) is 3.77. The zero-order valence-corrected chi connectivity index (χ0v) is 18.4. The molecular weight excluding hydrogens is 436 g/mol. The molecule has 32 heavy (non-hydrogen) atoms. The van der Waals surface area contributed by atoms with E-state index in [9.17, 15) is 13.6 Å². The number of alkyl halides is 2. The van der Waals surface area contributed by atoms with E-state index < -0.39 is 23.7 Å². The van der Waals surface area contributed by atoms with Crippen molar-refractivity contribution in [3.8, 4) is 5.75 Å². The molecule has 0 radical (unpaired) electrons. The smallest absolute Gasteiger partial charge is 0.323 e. The van der Waals surface area contributed by atoms with Crippen LogP contribution in [0, 0.1) is 0 Å². The van der Waals surface area contributed by atoms with Crippen molar-refractivity contribution >= 4 is 28.9 Å². The van der Waals surface area contributed by atoms with Gasteiger partial charge in [0.05, 0.1) is 7.11 Å². The number of ether oxygens (including phenoxy) is 2. The molecule has 166 valence electrons. The van der Waals surface area contributed by atoms with Crippen molar-refractivity contribution in [2.75, 3.05) is 19.1 Å². The van der Waals surface area contributed by atoms with Crippen molar-refractivity contribution in [1.29, 1.82) is 0 Å². The summed E-state index contributed by atoms with van der Waals surface area (Å²) in [5.41, 5.74) is 0.727. The van der Waals surface area contributed by atoms with Crippen LogP contribution in [-0.4, -0.2) is 26.0 Å². The highest BCUT2D eigenvalue weighted by molar-refractivity contribution is 6.30. The number of esters is 1. The molecule has 0 N–H and O–H groups in total. The minimum atomic E-state index is -3.15. The predicted molar refractivity (Wildman–Crippen MR) is 120 cm³/mol. The largest absolute Gasteiger partial charge is 0.497 e. The predicted octanol–water partition coefficient (Wildman–Crippen LogP) is 6.14. The summed E-state index contributed by atoms with van der Waals surface area (Å²) in [5, 5.41) is 0.415. The van der Waals surface area contributed by atoms with E-state index in [1.807, 2.05) is 54.4 Å². The van der Waals surface area contributed by atoms with E-state index in [1.165, 1.54) is 24.3 Å². The molecule has 0 amide bonds. The van der Waals surface area contributed by atoms with E-state index in [-0.39, 0.29) is 12.2 Å². The van der Waals surface area contributed by atoms with Gasteiger partial charge in [-0.3, -0.25) is 4.79 Å². The molecule has 3 aromatic carbocycles. The van der Waals surface area contributed by atoms with Crippen LogP contribution < -0.4 is 9.64 Å². The van der Waals surface area contributed by atoms with Crippen LogP contribution in [-0.2, 0) is 21.6 Å². The van der Waals surface area contributed by atoms with Crippen molar-refractivity contribution in [2.24, 2.45) is 0 Å². The Morgan fingerprint density at radius 3 is 2.28 bits per heavy atom. The van der Waals surface area contributed by atoms with Gasteiger partial charge in [0.2, 0.25) is 0 Å². The summed E-state index contributed by atoms with van der Waals surface area (Å²) in [7, 11) is 3.51. The molecule has 1 atom stereocenters. The van der Waals surface area contributed by atoms with Crippen LogP contribution in [0.3, 0.4) is 0 Å². The second-order valence-corrected chi connectivity index (χ2v) is 8.24. The molecule has 4 nitrogen and oxygen atoms in total. The Hall–Kier alpha value is -3.12. The minimum Gasteiger partial charge on any atom is -0.497 e. The molecule has 7 heteroatoms. The summed E-state index contributed by atoms with van der Waals surface area (Å²) in [6.45, 7) is -0.107. The van der Waals surface area contributed by atoms with E-state index in [0.29, 0.717) is 10.6 Å². The molecule has 1 unspecified atom stereocenters. The zero-order valence-electron chi connectivity index (χ0n) is 17.6. The normalized spacial score (nSPS) is 18.7. The fraction of sp³-hybridized carbons (Fsp3) is 0.240. The van der Waals surface area contributed by atoms with Gasteiger partial charge in [0.1, 0.15) is 12.4 Å². The highest BCUT2D eigenvalue weighted by Gasteiger charge is 2.77. The maximum atomic E-state index is 14.3. The molecule has 1 fully saturated rings. The summed E-state index contributed by atoms with van der Waals surface area (Å²) in [6.07, 6.45) is -0.570. The van der Waals surface area contributed by atoms with Gasteiger partial charge in [-0.1, -0.05) is 41.9 Å². The molecule has 4 rings (SSSR count). The van der Waals surface area contributed by atoms with Crippen molar-refractivity contribution in [1.82, 2.24) is 0 Å². The van der Waals surface area contributed by atoms with E-state index >= 15 is 0 Å². The Bertz CT molecular complexity index is 1140. The fourth-order valence-corrected chi connectivity index (χ4v) is 3.90.